The highest BCUT2D eigenvalue weighted by molar-refractivity contribution is 6.31. The van der Waals surface area contributed by atoms with Gasteiger partial charge in [0.15, 0.2) is 0 Å². The average molecular weight is 1190 g/mol. The van der Waals surface area contributed by atoms with Crippen molar-refractivity contribution in [2.75, 3.05) is 13.3 Å². The van der Waals surface area contributed by atoms with Crippen molar-refractivity contribution in [1.82, 2.24) is 31.1 Å². The Labute approximate surface area is 496 Å². The number of benzene rings is 6. The monoisotopic (exact) mass is 1180 g/mol. The van der Waals surface area contributed by atoms with E-state index in [1.165, 1.54) is 0 Å². The Morgan fingerprint density at radius 1 is 0.512 bits per heavy atom. The molecule has 0 spiro atoms. The first kappa shape index (κ1) is 61.8. The molecule has 0 bridgehead atoms. The summed E-state index contributed by atoms with van der Waals surface area (Å²) in [6, 6.07) is 43.9. The summed E-state index contributed by atoms with van der Waals surface area (Å²) in [5, 5.41) is 30.9. The molecule has 0 radical (unpaired) electrons. The summed E-state index contributed by atoms with van der Waals surface area (Å²) < 4.78 is 13.2. The zero-order valence-corrected chi connectivity index (χ0v) is 47.9. The van der Waals surface area contributed by atoms with E-state index in [9.17, 15) is 39.3 Å². The van der Waals surface area contributed by atoms with E-state index in [0.29, 0.717) is 69.7 Å². The van der Waals surface area contributed by atoms with Crippen molar-refractivity contribution >= 4 is 82.9 Å². The normalized spacial score (nSPS) is 19.2. The molecule has 8 atom stereocenters. The van der Waals surface area contributed by atoms with Gasteiger partial charge in [-0.2, -0.15) is 10.5 Å². The highest BCUT2D eigenvalue weighted by Crippen LogP contribution is 2.46. The minimum absolute atomic E-state index is 0.0675. The first-order valence-electron chi connectivity index (χ1n) is 26.6. The molecule has 8 rings (SSSR count). The SMILES string of the molecule is CCC[C@@H](C(=O)NCNC=O)N1C(=O)[C@@H](Cc2ccc(C#N)cc2)O[C@H](c2ccc(Cl)cc2)[C@@H]1c1ccc(Cl)cc1.CCC[C@H](C(=O)NCNC=O)N1C(=O)[C@H](Cc2ccc(C#N)cc2)O[C@@H](c2ccc(Cl)cc2)[C@H]1c1ccc(Cl)cc1. The lowest BCUT2D eigenvalue weighted by Gasteiger charge is -2.47. The van der Waals surface area contributed by atoms with Gasteiger partial charge in [0.2, 0.25) is 24.6 Å². The van der Waals surface area contributed by atoms with Crippen LogP contribution in [0.25, 0.3) is 0 Å². The molecule has 2 heterocycles. The van der Waals surface area contributed by atoms with Gasteiger partial charge >= 0.3 is 0 Å². The van der Waals surface area contributed by atoms with E-state index < -0.39 is 48.6 Å². The number of hydrogen-bond donors (Lipinski definition) is 4. The van der Waals surface area contributed by atoms with E-state index in [2.05, 4.69) is 33.4 Å². The second kappa shape index (κ2) is 30.3. The number of ether oxygens (including phenoxy) is 2. The number of rotatable bonds is 22. The zero-order chi connectivity index (χ0) is 58.7. The summed E-state index contributed by atoms with van der Waals surface area (Å²) >= 11 is 24.8. The molecule has 2 fully saturated rings. The van der Waals surface area contributed by atoms with E-state index in [0.717, 1.165) is 33.4 Å². The third-order valence-corrected chi connectivity index (χ3v) is 15.0. The average Bonchev–Trinajstić information content (AvgIpc) is 2.07. The van der Waals surface area contributed by atoms with Gasteiger partial charge < -0.3 is 40.5 Å². The number of morpholine rings is 2. The van der Waals surface area contributed by atoms with Gasteiger partial charge in [0.1, 0.15) is 36.5 Å². The predicted octanol–water partition coefficient (Wildman–Crippen LogP) is 10.2. The molecule has 2 aliphatic rings. The Morgan fingerprint density at radius 2 is 0.817 bits per heavy atom. The molecule has 6 aromatic carbocycles. The van der Waals surface area contributed by atoms with Crippen LogP contribution in [0.4, 0.5) is 0 Å². The van der Waals surface area contributed by atoms with Crippen molar-refractivity contribution in [3.05, 3.63) is 210 Å². The molecule has 0 unspecified atom stereocenters. The maximum Gasteiger partial charge on any atom is 0.253 e. The molecule has 424 valence electrons. The lowest BCUT2D eigenvalue weighted by molar-refractivity contribution is -0.181. The summed E-state index contributed by atoms with van der Waals surface area (Å²) in [5.74, 6) is -1.45. The van der Waals surface area contributed by atoms with Crippen LogP contribution in [0.15, 0.2) is 146 Å². The van der Waals surface area contributed by atoms with Crippen LogP contribution >= 0.6 is 46.4 Å². The standard InChI is InChI=1S/2C31H30Cl2N4O4/c2*1-2-3-26(30(39)36-18-35-19-38)37-28(22-8-12-24(32)13-9-22)29(23-10-14-25(33)15-11-23)41-27(31(37)40)16-20-4-6-21(17-34)7-5-20/h2*4-15,19,26-29H,2-3,16,18H2,1H3,(H,35,38)(H,36,39)/t2*26-,27+,28-,29+/m10/s1. The molecule has 2 aliphatic heterocycles. The summed E-state index contributed by atoms with van der Waals surface area (Å²) in [5.41, 5.74) is 5.72. The summed E-state index contributed by atoms with van der Waals surface area (Å²) in [6.07, 6.45) is 0.401. The smallest absolute Gasteiger partial charge is 0.253 e. The summed E-state index contributed by atoms with van der Waals surface area (Å²) in [6.45, 7) is 3.75. The lowest BCUT2D eigenvalue weighted by atomic mass is 9.88. The number of halogens is 4. The van der Waals surface area contributed by atoms with Crippen LogP contribution in [0.3, 0.4) is 0 Å². The van der Waals surface area contributed by atoms with Crippen LogP contribution in [0.2, 0.25) is 20.1 Å². The number of hydrogen-bond acceptors (Lipinski definition) is 10. The Balaban J connectivity index is 0.000000236. The van der Waals surface area contributed by atoms with Gasteiger partial charge in [-0.05, 0) is 119 Å². The second-order valence-electron chi connectivity index (χ2n) is 19.4. The largest absolute Gasteiger partial charge is 0.358 e. The summed E-state index contributed by atoms with van der Waals surface area (Å²) in [7, 11) is 0. The number of nitrogens with zero attached hydrogens (tertiary/aromatic N) is 4. The fraction of sp³-hybridized carbons (Fsp3) is 0.290. The molecule has 6 aromatic rings. The molecule has 0 aromatic heterocycles. The molecule has 2 saturated heterocycles. The molecule has 82 heavy (non-hydrogen) atoms. The molecule has 4 N–H and O–H groups in total. The van der Waals surface area contributed by atoms with Crippen molar-refractivity contribution in [2.24, 2.45) is 0 Å². The van der Waals surface area contributed by atoms with Crippen molar-refractivity contribution in [3.63, 3.8) is 0 Å². The van der Waals surface area contributed by atoms with Crippen LogP contribution in [0, 0.1) is 22.7 Å². The van der Waals surface area contributed by atoms with E-state index in [1.54, 1.807) is 107 Å². The van der Waals surface area contributed by atoms with Crippen LogP contribution in [-0.4, -0.2) is 83.9 Å². The van der Waals surface area contributed by atoms with Gasteiger partial charge in [0, 0.05) is 32.9 Å². The van der Waals surface area contributed by atoms with Gasteiger partial charge in [0.05, 0.1) is 48.7 Å². The fourth-order valence-electron chi connectivity index (χ4n) is 10.1. The van der Waals surface area contributed by atoms with Crippen LogP contribution in [-0.2, 0) is 51.1 Å². The number of nitrogens with one attached hydrogen (secondary N) is 4. The molecular weight excluding hydrogens is 1130 g/mol. The maximum absolute atomic E-state index is 14.3. The first-order valence-corrected chi connectivity index (χ1v) is 28.1. The number of nitriles is 2. The van der Waals surface area contributed by atoms with Crippen molar-refractivity contribution in [1.29, 1.82) is 10.5 Å². The number of carbonyl (C=O) groups is 6. The summed E-state index contributed by atoms with van der Waals surface area (Å²) in [4.78, 5) is 80.6. The van der Waals surface area contributed by atoms with Gasteiger partial charge in [-0.25, -0.2) is 0 Å². The quantitative estimate of drug-likeness (QED) is 0.0286. The van der Waals surface area contributed by atoms with Gasteiger partial charge in [0.25, 0.3) is 11.8 Å². The Kier molecular flexibility index (Phi) is 22.8. The van der Waals surface area contributed by atoms with Crippen LogP contribution in [0.5, 0.6) is 0 Å². The highest BCUT2D eigenvalue weighted by Gasteiger charge is 2.50. The van der Waals surface area contributed by atoms with Gasteiger partial charge in [-0.3, -0.25) is 28.8 Å². The second-order valence-corrected chi connectivity index (χ2v) is 21.1. The van der Waals surface area contributed by atoms with E-state index in [1.807, 2.05) is 62.4 Å². The minimum Gasteiger partial charge on any atom is -0.358 e. The Bertz CT molecular complexity index is 3000. The molecule has 0 aliphatic carbocycles. The van der Waals surface area contributed by atoms with Gasteiger partial charge in [-0.1, -0.05) is 146 Å². The van der Waals surface area contributed by atoms with Crippen molar-refractivity contribution in [3.8, 4) is 12.1 Å². The zero-order valence-electron chi connectivity index (χ0n) is 44.9. The molecule has 16 nitrogen and oxygen atoms in total. The van der Waals surface area contributed by atoms with E-state index in [4.69, 9.17) is 55.9 Å². The number of amides is 6. The molecule has 20 heteroatoms. The molecule has 6 amide bonds. The van der Waals surface area contributed by atoms with Crippen molar-refractivity contribution < 1.29 is 38.2 Å². The predicted molar refractivity (Wildman–Crippen MR) is 312 cm³/mol. The van der Waals surface area contributed by atoms with Gasteiger partial charge in [-0.15, -0.1) is 0 Å². The third-order valence-electron chi connectivity index (χ3n) is 14.0. The molecular formula is C62H60Cl4N8O8. The van der Waals surface area contributed by atoms with Crippen LogP contribution < -0.4 is 21.3 Å². The van der Waals surface area contributed by atoms with E-state index >= 15 is 0 Å². The molecule has 0 saturated carbocycles. The Hall–Kier alpha value is -7.80. The van der Waals surface area contributed by atoms with E-state index in [-0.39, 0.29) is 49.8 Å². The van der Waals surface area contributed by atoms with Crippen molar-refractivity contribution in [2.45, 2.75) is 101 Å². The fourth-order valence-corrected chi connectivity index (χ4v) is 10.6. The number of carbonyl (C=O) groups excluding carboxylic acids is 6. The Morgan fingerprint density at radius 3 is 1.10 bits per heavy atom. The maximum atomic E-state index is 14.3. The first-order chi connectivity index (χ1) is 39.7. The van der Waals surface area contributed by atoms with Crippen LogP contribution in [0.1, 0.15) is 108 Å². The topological polar surface area (TPSA) is 223 Å². The third kappa shape index (κ3) is 15.8. The minimum atomic E-state index is -0.910. The highest BCUT2D eigenvalue weighted by atomic mass is 35.5. The lowest BCUT2D eigenvalue weighted by Crippen LogP contribution is -2.59.